The van der Waals surface area contributed by atoms with Crippen molar-refractivity contribution >= 4 is 40.9 Å². The second kappa shape index (κ2) is 9.99. The summed E-state index contributed by atoms with van der Waals surface area (Å²) in [4.78, 5) is 23.3. The van der Waals surface area contributed by atoms with Crippen LogP contribution in [0.4, 0.5) is 21.8 Å². The van der Waals surface area contributed by atoms with Gasteiger partial charge in [-0.3, -0.25) is 9.59 Å². The Morgan fingerprint density at radius 1 is 1.09 bits per heavy atom. The number of carbonyl (C=O) groups excluding carboxylic acids is 1. The predicted octanol–water partition coefficient (Wildman–Crippen LogP) is 5.61. The number of carboxylic acids is 1. The molecule has 1 fully saturated rings. The summed E-state index contributed by atoms with van der Waals surface area (Å²) in [6.45, 7) is 0. The third kappa shape index (κ3) is 5.87. The molecule has 8 nitrogen and oxygen atoms in total. The van der Waals surface area contributed by atoms with E-state index in [0.29, 0.717) is 17.3 Å². The van der Waals surface area contributed by atoms with E-state index < -0.39 is 17.7 Å². The van der Waals surface area contributed by atoms with E-state index in [4.69, 9.17) is 21.1 Å². The highest BCUT2D eigenvalue weighted by Gasteiger charge is 2.24. The highest BCUT2D eigenvalue weighted by Crippen LogP contribution is 2.37. The number of rotatable bonds is 7. The van der Waals surface area contributed by atoms with Crippen LogP contribution in [0.15, 0.2) is 46.9 Å². The van der Waals surface area contributed by atoms with Crippen LogP contribution in [-0.4, -0.2) is 27.2 Å². The maximum Gasteiger partial charge on any atom is 0.320 e. The zero-order chi connectivity index (χ0) is 23.4. The van der Waals surface area contributed by atoms with Gasteiger partial charge in [-0.25, -0.2) is 4.39 Å². The maximum atomic E-state index is 13.2. The Labute approximate surface area is 194 Å². The number of carboxylic acid groups (broad SMARTS) is 1. The Bertz CT molecular complexity index is 1140. The van der Waals surface area contributed by atoms with Gasteiger partial charge in [-0.2, -0.15) is 0 Å². The largest absolute Gasteiger partial charge is 0.481 e. The molecule has 0 radical (unpaired) electrons. The quantitative estimate of drug-likeness (QED) is 0.409. The molecule has 0 atom stereocenters. The molecule has 3 aromatic rings. The van der Waals surface area contributed by atoms with Crippen molar-refractivity contribution in [2.75, 3.05) is 10.6 Å². The van der Waals surface area contributed by atoms with E-state index in [1.807, 2.05) is 24.3 Å². The lowest BCUT2D eigenvalue weighted by molar-refractivity contribution is -0.138. The van der Waals surface area contributed by atoms with Gasteiger partial charge in [0.2, 0.25) is 0 Å². The first kappa shape index (κ1) is 22.7. The number of benzene rings is 2. The summed E-state index contributed by atoms with van der Waals surface area (Å²) in [7, 11) is 0. The summed E-state index contributed by atoms with van der Waals surface area (Å²) in [6.07, 6.45) is 3.97. The molecule has 33 heavy (non-hydrogen) atoms. The van der Waals surface area contributed by atoms with Gasteiger partial charge in [0.15, 0.2) is 0 Å². The van der Waals surface area contributed by atoms with Crippen molar-refractivity contribution in [2.45, 2.75) is 38.0 Å². The Morgan fingerprint density at radius 3 is 2.48 bits per heavy atom. The maximum absolute atomic E-state index is 13.2. The molecule has 0 spiro atoms. The molecule has 10 heteroatoms. The van der Waals surface area contributed by atoms with Crippen molar-refractivity contribution in [1.82, 2.24) is 10.2 Å². The van der Waals surface area contributed by atoms with Gasteiger partial charge >= 0.3 is 23.8 Å². The molecule has 0 saturated heterocycles. The van der Waals surface area contributed by atoms with Crippen molar-refractivity contribution in [2.24, 2.45) is 5.92 Å². The summed E-state index contributed by atoms with van der Waals surface area (Å²) < 4.78 is 18.5. The fourth-order valence-electron chi connectivity index (χ4n) is 4.04. The van der Waals surface area contributed by atoms with E-state index in [1.54, 1.807) is 0 Å². The van der Waals surface area contributed by atoms with Crippen molar-refractivity contribution in [3.63, 3.8) is 0 Å². The van der Waals surface area contributed by atoms with Gasteiger partial charge in [0, 0.05) is 12.1 Å². The van der Waals surface area contributed by atoms with Crippen LogP contribution in [0.1, 0.15) is 54.3 Å². The summed E-state index contributed by atoms with van der Waals surface area (Å²) in [5.41, 5.74) is 2.11. The molecule has 1 heterocycles. The molecule has 0 aliphatic heterocycles. The van der Waals surface area contributed by atoms with Crippen molar-refractivity contribution in [3.8, 4) is 0 Å². The van der Waals surface area contributed by atoms with E-state index in [2.05, 4.69) is 20.8 Å². The normalized spacial score (nSPS) is 18.0. The summed E-state index contributed by atoms with van der Waals surface area (Å²) in [6, 6.07) is 11.3. The summed E-state index contributed by atoms with van der Waals surface area (Å²) in [5.74, 6) is -1.37. The number of carbonyl (C=O) groups is 2. The molecule has 3 N–H and O–H groups in total. The Balaban J connectivity index is 1.32. The lowest BCUT2D eigenvalue weighted by Crippen LogP contribution is -2.16. The molecule has 1 aromatic heterocycles. The van der Waals surface area contributed by atoms with Crippen LogP contribution in [0.2, 0.25) is 5.02 Å². The first-order valence-corrected chi connectivity index (χ1v) is 10.9. The highest BCUT2D eigenvalue weighted by atomic mass is 35.5. The second-order valence-electron chi connectivity index (χ2n) is 8.05. The molecular formula is C23H22ClFN4O4. The van der Waals surface area contributed by atoms with E-state index in [0.717, 1.165) is 31.7 Å². The molecule has 1 aliphatic carbocycles. The van der Waals surface area contributed by atoms with E-state index in [-0.39, 0.29) is 29.3 Å². The lowest BCUT2D eigenvalue weighted by Gasteiger charge is -2.28. The summed E-state index contributed by atoms with van der Waals surface area (Å²) >= 11 is 5.96. The highest BCUT2D eigenvalue weighted by molar-refractivity contribution is 6.33. The standard InChI is InChI=1S/C23H22ClFN4O4/c24-18-12-16(25)7-10-19(18)27-23-29-28-22(33-23)21(32)26-17-8-5-15(6-9-17)14-3-1-13(2-4-14)11-20(30)31/h5-10,12-14H,1-4,11H2,(H,26,32)(H,27,29)(H,30,31)/t13-,14-. The molecule has 0 unspecified atom stereocenters. The second-order valence-corrected chi connectivity index (χ2v) is 8.46. The zero-order valence-electron chi connectivity index (χ0n) is 17.6. The molecule has 1 saturated carbocycles. The number of aromatic nitrogens is 2. The van der Waals surface area contributed by atoms with Crippen molar-refractivity contribution in [1.29, 1.82) is 0 Å². The van der Waals surface area contributed by atoms with Crippen molar-refractivity contribution < 1.29 is 23.5 Å². The molecular weight excluding hydrogens is 451 g/mol. The van der Waals surface area contributed by atoms with E-state index in [1.165, 1.54) is 17.7 Å². The Morgan fingerprint density at radius 2 is 1.82 bits per heavy atom. The minimum absolute atomic E-state index is 0.0532. The van der Waals surface area contributed by atoms with Gasteiger partial charge in [0.05, 0.1) is 10.7 Å². The number of nitrogens with zero attached hydrogens (tertiary/aromatic N) is 2. The minimum Gasteiger partial charge on any atom is -0.481 e. The average Bonchev–Trinajstić information content (AvgIpc) is 3.25. The average molecular weight is 473 g/mol. The Hall–Kier alpha value is -3.46. The zero-order valence-corrected chi connectivity index (χ0v) is 18.3. The van der Waals surface area contributed by atoms with Gasteiger partial charge in [-0.1, -0.05) is 28.8 Å². The van der Waals surface area contributed by atoms with Gasteiger partial charge < -0.3 is 20.2 Å². The van der Waals surface area contributed by atoms with E-state index >= 15 is 0 Å². The number of hydrogen-bond acceptors (Lipinski definition) is 6. The van der Waals surface area contributed by atoms with Crippen LogP contribution in [-0.2, 0) is 4.79 Å². The van der Waals surface area contributed by atoms with Crippen LogP contribution in [0.5, 0.6) is 0 Å². The molecule has 0 bridgehead atoms. The molecule has 1 amide bonds. The first-order chi connectivity index (χ1) is 15.9. The number of nitrogens with one attached hydrogen (secondary N) is 2. The smallest absolute Gasteiger partial charge is 0.320 e. The SMILES string of the molecule is O=C(O)C[C@H]1CC[C@H](c2ccc(NC(=O)c3nnc(Nc4ccc(F)cc4Cl)o3)cc2)CC1. The third-order valence-electron chi connectivity index (χ3n) is 5.74. The first-order valence-electron chi connectivity index (χ1n) is 10.6. The monoisotopic (exact) mass is 472 g/mol. The Kier molecular flexibility index (Phi) is 6.88. The molecule has 4 rings (SSSR count). The number of halogens is 2. The predicted molar refractivity (Wildman–Crippen MR) is 120 cm³/mol. The van der Waals surface area contributed by atoms with E-state index in [9.17, 15) is 14.0 Å². The van der Waals surface area contributed by atoms with Gasteiger partial charge in [0.1, 0.15) is 5.82 Å². The van der Waals surface area contributed by atoms with Crippen LogP contribution < -0.4 is 10.6 Å². The fraction of sp³-hybridized carbons (Fsp3) is 0.304. The third-order valence-corrected chi connectivity index (χ3v) is 6.05. The van der Waals surface area contributed by atoms with Gasteiger partial charge in [-0.05, 0) is 73.4 Å². The van der Waals surface area contributed by atoms with Crippen molar-refractivity contribution in [3.05, 3.63) is 64.8 Å². The molecule has 1 aliphatic rings. The van der Waals surface area contributed by atoms with Gasteiger partial charge in [0.25, 0.3) is 0 Å². The topological polar surface area (TPSA) is 117 Å². The number of aliphatic carboxylic acids is 1. The van der Waals surface area contributed by atoms with Crippen LogP contribution >= 0.6 is 11.6 Å². The molecule has 172 valence electrons. The fourth-order valence-corrected chi connectivity index (χ4v) is 4.26. The van der Waals surface area contributed by atoms with Crippen LogP contribution in [0.3, 0.4) is 0 Å². The number of amides is 1. The van der Waals surface area contributed by atoms with Crippen LogP contribution in [0, 0.1) is 11.7 Å². The molecule has 2 aromatic carbocycles. The number of anilines is 3. The van der Waals surface area contributed by atoms with Crippen LogP contribution in [0.25, 0.3) is 0 Å². The number of hydrogen-bond donors (Lipinski definition) is 3. The lowest BCUT2D eigenvalue weighted by atomic mass is 9.77. The minimum atomic E-state index is -0.734. The summed E-state index contributed by atoms with van der Waals surface area (Å²) in [5, 5.41) is 22.0. The van der Waals surface area contributed by atoms with Gasteiger partial charge in [-0.15, -0.1) is 5.10 Å².